The first-order valence-corrected chi connectivity index (χ1v) is 13.5. The summed E-state index contributed by atoms with van der Waals surface area (Å²) in [6.45, 7) is 0. The Kier molecular flexibility index (Phi) is 4.89. The summed E-state index contributed by atoms with van der Waals surface area (Å²) >= 11 is 0. The van der Waals surface area contributed by atoms with E-state index in [1.165, 1.54) is 59.9 Å². The Bertz CT molecular complexity index is 2040. The van der Waals surface area contributed by atoms with Crippen LogP contribution in [0.1, 0.15) is 0 Å². The minimum absolute atomic E-state index is 1.14. The van der Waals surface area contributed by atoms with E-state index in [2.05, 4.69) is 157 Å². The van der Waals surface area contributed by atoms with Crippen LogP contribution in [0.2, 0.25) is 0 Å². The van der Waals surface area contributed by atoms with E-state index in [1.54, 1.807) is 0 Å². The van der Waals surface area contributed by atoms with Crippen molar-refractivity contribution in [2.24, 2.45) is 0 Å². The second kappa shape index (κ2) is 8.72. The first-order valence-electron chi connectivity index (χ1n) is 13.5. The summed E-state index contributed by atoms with van der Waals surface area (Å²) in [6, 6.07) is 54.9. The predicted octanol–water partition coefficient (Wildman–Crippen LogP) is 10.9. The first-order chi connectivity index (χ1) is 19.4. The zero-order valence-corrected chi connectivity index (χ0v) is 21.4. The van der Waals surface area contributed by atoms with Crippen LogP contribution in [0.4, 0.5) is 17.1 Å². The molecule has 0 aliphatic heterocycles. The van der Waals surface area contributed by atoms with Gasteiger partial charge in [0.05, 0.1) is 5.69 Å². The van der Waals surface area contributed by atoms with E-state index in [1.807, 2.05) is 0 Å². The van der Waals surface area contributed by atoms with E-state index in [0.717, 1.165) is 11.4 Å². The predicted molar refractivity (Wildman–Crippen MR) is 168 cm³/mol. The van der Waals surface area contributed by atoms with Gasteiger partial charge in [-0.25, -0.2) is 0 Å². The van der Waals surface area contributed by atoms with Crippen molar-refractivity contribution in [2.75, 3.05) is 4.90 Å². The highest BCUT2D eigenvalue weighted by atomic mass is 15.1. The lowest BCUT2D eigenvalue weighted by Gasteiger charge is -2.28. The smallest absolute Gasteiger partial charge is 0.0540 e. The fourth-order valence-electron chi connectivity index (χ4n) is 6.26. The van der Waals surface area contributed by atoms with Crippen LogP contribution in [0.15, 0.2) is 152 Å². The average Bonchev–Trinajstić information content (AvgIpc) is 3.01. The van der Waals surface area contributed by atoms with Gasteiger partial charge in [0.2, 0.25) is 0 Å². The van der Waals surface area contributed by atoms with Gasteiger partial charge < -0.3 is 4.90 Å². The molecule has 0 fully saturated rings. The molecule has 0 radical (unpaired) electrons. The lowest BCUT2D eigenvalue weighted by Crippen LogP contribution is -2.10. The second-order valence-electron chi connectivity index (χ2n) is 10.2. The summed E-state index contributed by atoms with van der Waals surface area (Å²) < 4.78 is 0. The number of benzene rings is 8. The Morgan fingerprint density at radius 2 is 0.821 bits per heavy atom. The molecule has 0 bridgehead atoms. The molecule has 0 aliphatic carbocycles. The summed E-state index contributed by atoms with van der Waals surface area (Å²) in [5, 5.41) is 10.5. The molecular weight excluding hydrogens is 470 g/mol. The molecule has 182 valence electrons. The number of rotatable bonds is 4. The first kappa shape index (κ1) is 21.9. The van der Waals surface area contributed by atoms with E-state index in [9.17, 15) is 0 Å². The van der Waals surface area contributed by atoms with Crippen LogP contribution < -0.4 is 4.90 Å². The fourth-order valence-corrected chi connectivity index (χ4v) is 6.26. The largest absolute Gasteiger partial charge is 0.310 e. The summed E-state index contributed by atoms with van der Waals surface area (Å²) in [6.07, 6.45) is 0. The second-order valence-corrected chi connectivity index (χ2v) is 10.2. The minimum atomic E-state index is 1.14. The van der Waals surface area contributed by atoms with Gasteiger partial charge in [-0.1, -0.05) is 121 Å². The van der Waals surface area contributed by atoms with Crippen LogP contribution in [0.25, 0.3) is 54.2 Å². The third-order valence-electron chi connectivity index (χ3n) is 7.99. The van der Waals surface area contributed by atoms with Gasteiger partial charge in [-0.15, -0.1) is 0 Å². The molecule has 0 atom stereocenters. The third-order valence-corrected chi connectivity index (χ3v) is 7.99. The van der Waals surface area contributed by atoms with E-state index in [-0.39, 0.29) is 0 Å². The van der Waals surface area contributed by atoms with Crippen molar-refractivity contribution < 1.29 is 0 Å². The van der Waals surface area contributed by atoms with Crippen molar-refractivity contribution in [3.05, 3.63) is 152 Å². The number of hydrogen-bond donors (Lipinski definition) is 0. The minimum Gasteiger partial charge on any atom is -0.310 e. The molecule has 0 saturated heterocycles. The van der Waals surface area contributed by atoms with Crippen molar-refractivity contribution in [3.8, 4) is 11.1 Å². The number of fused-ring (bicyclic) bond motifs is 2. The molecule has 0 N–H and O–H groups in total. The zero-order chi connectivity index (χ0) is 25.8. The Hall–Kier alpha value is -5.14. The maximum absolute atomic E-state index is 2.39. The standard InChI is InChI=1S/C38H25N/c1-3-10-26(11-4-1)27-20-22-30(23-21-27)39(29-14-5-2-6-15-29)36-25-24-34-32-17-8-13-28-12-7-16-31(37(28)32)33-18-9-19-35(36)38(33)34/h1-25H. The quantitative estimate of drug-likeness (QED) is 0.173. The maximum atomic E-state index is 2.39. The van der Waals surface area contributed by atoms with Crippen LogP contribution in [-0.2, 0) is 0 Å². The van der Waals surface area contributed by atoms with Crippen molar-refractivity contribution in [2.45, 2.75) is 0 Å². The molecular formula is C38H25N. The molecule has 0 heterocycles. The van der Waals surface area contributed by atoms with Gasteiger partial charge in [0.1, 0.15) is 0 Å². The summed E-state index contributed by atoms with van der Waals surface area (Å²) in [5.74, 6) is 0. The van der Waals surface area contributed by atoms with Gasteiger partial charge in [0.15, 0.2) is 0 Å². The van der Waals surface area contributed by atoms with Crippen LogP contribution in [0.3, 0.4) is 0 Å². The lowest BCUT2D eigenvalue weighted by molar-refractivity contribution is 1.30. The topological polar surface area (TPSA) is 3.24 Å². The average molecular weight is 496 g/mol. The highest BCUT2D eigenvalue weighted by molar-refractivity contribution is 6.34. The van der Waals surface area contributed by atoms with Gasteiger partial charge in [-0.05, 0) is 79.2 Å². The van der Waals surface area contributed by atoms with Gasteiger partial charge in [-0.2, -0.15) is 0 Å². The van der Waals surface area contributed by atoms with Gasteiger partial charge in [-0.3, -0.25) is 0 Å². The zero-order valence-electron chi connectivity index (χ0n) is 21.4. The SMILES string of the molecule is c1ccc(-c2ccc(N(c3ccccc3)c3ccc4c5cccc6cccc(c7cccc3c74)c65)cc2)cc1. The van der Waals surface area contributed by atoms with Gasteiger partial charge in [0, 0.05) is 16.8 Å². The molecule has 0 spiro atoms. The van der Waals surface area contributed by atoms with Crippen LogP contribution >= 0.6 is 0 Å². The van der Waals surface area contributed by atoms with Crippen molar-refractivity contribution in [1.82, 2.24) is 0 Å². The fraction of sp³-hybridized carbons (Fsp3) is 0. The highest BCUT2D eigenvalue weighted by Gasteiger charge is 2.19. The number of nitrogens with zero attached hydrogens (tertiary/aromatic N) is 1. The van der Waals surface area contributed by atoms with Crippen LogP contribution in [-0.4, -0.2) is 0 Å². The molecule has 0 saturated carbocycles. The summed E-state index contributed by atoms with van der Waals surface area (Å²) in [7, 11) is 0. The molecule has 1 nitrogen and oxygen atoms in total. The summed E-state index contributed by atoms with van der Waals surface area (Å²) in [4.78, 5) is 2.39. The van der Waals surface area contributed by atoms with Gasteiger partial charge >= 0.3 is 0 Å². The molecule has 39 heavy (non-hydrogen) atoms. The summed E-state index contributed by atoms with van der Waals surface area (Å²) in [5.41, 5.74) is 5.91. The lowest BCUT2D eigenvalue weighted by atomic mass is 9.89. The van der Waals surface area contributed by atoms with E-state index < -0.39 is 0 Å². The molecule has 0 aliphatic rings. The third kappa shape index (κ3) is 3.41. The van der Waals surface area contributed by atoms with Crippen molar-refractivity contribution >= 4 is 60.2 Å². The molecule has 0 unspecified atom stereocenters. The highest BCUT2D eigenvalue weighted by Crippen LogP contribution is 2.46. The maximum Gasteiger partial charge on any atom is 0.0540 e. The molecule has 8 aromatic carbocycles. The van der Waals surface area contributed by atoms with Gasteiger partial charge in [0.25, 0.3) is 0 Å². The van der Waals surface area contributed by atoms with Crippen molar-refractivity contribution in [1.29, 1.82) is 0 Å². The van der Waals surface area contributed by atoms with E-state index in [0.29, 0.717) is 0 Å². The van der Waals surface area contributed by atoms with E-state index in [4.69, 9.17) is 0 Å². The van der Waals surface area contributed by atoms with Crippen LogP contribution in [0.5, 0.6) is 0 Å². The number of anilines is 3. The molecule has 1 heteroatoms. The Morgan fingerprint density at radius 1 is 0.308 bits per heavy atom. The Balaban J connectivity index is 1.40. The number of hydrogen-bond acceptors (Lipinski definition) is 1. The molecule has 0 aromatic heterocycles. The Labute approximate surface area is 227 Å². The monoisotopic (exact) mass is 495 g/mol. The van der Waals surface area contributed by atoms with Crippen molar-refractivity contribution in [3.63, 3.8) is 0 Å². The molecule has 8 rings (SSSR count). The van der Waals surface area contributed by atoms with Crippen LogP contribution in [0, 0.1) is 0 Å². The Morgan fingerprint density at radius 3 is 1.51 bits per heavy atom. The molecule has 8 aromatic rings. The normalized spacial score (nSPS) is 11.6. The van der Waals surface area contributed by atoms with E-state index >= 15 is 0 Å². The molecule has 0 amide bonds. The number of para-hydroxylation sites is 1.